The first kappa shape index (κ1) is 22.9. The Morgan fingerprint density at radius 2 is 1.34 bits per heavy atom. The number of nitrogens with one attached hydrogen (secondary N) is 1. The fourth-order valence-electron chi connectivity index (χ4n) is 3.20. The second-order valence-corrected chi connectivity index (χ2v) is 7.31. The van der Waals surface area contributed by atoms with Gasteiger partial charge >= 0.3 is 5.97 Å². The van der Waals surface area contributed by atoms with E-state index in [9.17, 15) is 9.59 Å². The molecular formula is C26H27NO5. The van der Waals surface area contributed by atoms with Crippen LogP contribution in [0.25, 0.3) is 0 Å². The minimum Gasteiger partial charge on any atom is -0.485 e. The number of esters is 1. The van der Waals surface area contributed by atoms with E-state index in [-0.39, 0.29) is 12.3 Å². The summed E-state index contributed by atoms with van der Waals surface area (Å²) < 4.78 is 16.9. The number of rotatable bonds is 10. The Kier molecular flexibility index (Phi) is 8.26. The molecule has 0 saturated carbocycles. The molecule has 0 bridgehead atoms. The first-order valence-electron chi connectivity index (χ1n) is 10.4. The summed E-state index contributed by atoms with van der Waals surface area (Å²) in [5, 5.41) is 2.63. The highest BCUT2D eigenvalue weighted by molar-refractivity contribution is 5.83. The number of carbonyl (C=O) groups excluding carboxylic acids is 2. The summed E-state index contributed by atoms with van der Waals surface area (Å²) in [6, 6.07) is 24.4. The van der Waals surface area contributed by atoms with Crippen LogP contribution in [0.4, 0.5) is 0 Å². The zero-order valence-electron chi connectivity index (χ0n) is 18.2. The lowest BCUT2D eigenvalue weighted by molar-refractivity contribution is -0.144. The standard InChI is InChI=1S/C26H27NO5/c1-19(28)27-23(26(29)30-2)15-22-13-14-24(31-17-20-9-5-3-6-10-20)25(16-22)32-18-21-11-7-4-8-12-21/h3-14,16,23H,15,17-18H2,1-2H3,(H,27,28)/t23-/m1/s1. The summed E-state index contributed by atoms with van der Waals surface area (Å²) in [4.78, 5) is 23.6. The minimum atomic E-state index is -0.782. The van der Waals surface area contributed by atoms with Crippen LogP contribution in [0.3, 0.4) is 0 Å². The molecule has 0 aromatic heterocycles. The van der Waals surface area contributed by atoms with E-state index in [1.54, 1.807) is 0 Å². The molecule has 3 aromatic carbocycles. The van der Waals surface area contributed by atoms with Gasteiger partial charge in [0.05, 0.1) is 7.11 Å². The molecule has 32 heavy (non-hydrogen) atoms. The van der Waals surface area contributed by atoms with Crippen LogP contribution in [-0.2, 0) is 34.0 Å². The Morgan fingerprint density at radius 1 is 0.781 bits per heavy atom. The highest BCUT2D eigenvalue weighted by Gasteiger charge is 2.21. The SMILES string of the molecule is COC(=O)[C@@H](Cc1ccc(OCc2ccccc2)c(OCc2ccccc2)c1)NC(C)=O. The number of benzene rings is 3. The van der Waals surface area contributed by atoms with Crippen LogP contribution in [0.1, 0.15) is 23.6 Å². The lowest BCUT2D eigenvalue weighted by Gasteiger charge is -2.18. The summed E-state index contributed by atoms with van der Waals surface area (Å²) >= 11 is 0. The quantitative estimate of drug-likeness (QED) is 0.488. The highest BCUT2D eigenvalue weighted by Crippen LogP contribution is 2.30. The van der Waals surface area contributed by atoms with Gasteiger partial charge in [0.2, 0.25) is 5.91 Å². The first-order chi connectivity index (χ1) is 15.5. The highest BCUT2D eigenvalue weighted by atomic mass is 16.5. The molecule has 1 atom stereocenters. The molecule has 0 spiro atoms. The molecule has 0 aliphatic rings. The van der Waals surface area contributed by atoms with Gasteiger partial charge in [0.25, 0.3) is 0 Å². The van der Waals surface area contributed by atoms with Gasteiger partial charge in [0.15, 0.2) is 11.5 Å². The van der Waals surface area contributed by atoms with Crippen molar-refractivity contribution >= 4 is 11.9 Å². The van der Waals surface area contributed by atoms with Gasteiger partial charge in [-0.2, -0.15) is 0 Å². The van der Waals surface area contributed by atoms with Gasteiger partial charge in [-0.15, -0.1) is 0 Å². The lowest BCUT2D eigenvalue weighted by atomic mass is 10.0. The van der Waals surface area contributed by atoms with Gasteiger partial charge in [-0.3, -0.25) is 4.79 Å². The molecule has 0 fully saturated rings. The van der Waals surface area contributed by atoms with Crippen molar-refractivity contribution in [2.24, 2.45) is 0 Å². The molecule has 0 aliphatic heterocycles. The van der Waals surface area contributed by atoms with Crippen molar-refractivity contribution in [1.82, 2.24) is 5.32 Å². The fourth-order valence-corrected chi connectivity index (χ4v) is 3.20. The predicted octanol–water partition coefficient (Wildman–Crippen LogP) is 4.06. The maximum absolute atomic E-state index is 12.1. The third-order valence-electron chi connectivity index (χ3n) is 4.79. The maximum atomic E-state index is 12.1. The molecule has 6 nitrogen and oxygen atoms in total. The number of methoxy groups -OCH3 is 1. The van der Waals surface area contributed by atoms with E-state index < -0.39 is 12.0 Å². The molecule has 3 aromatic rings. The van der Waals surface area contributed by atoms with Crippen LogP contribution >= 0.6 is 0 Å². The zero-order valence-corrected chi connectivity index (χ0v) is 18.2. The molecule has 1 N–H and O–H groups in total. The molecule has 0 saturated heterocycles. The maximum Gasteiger partial charge on any atom is 0.328 e. The summed E-state index contributed by atoms with van der Waals surface area (Å²) in [5.41, 5.74) is 2.88. The summed E-state index contributed by atoms with van der Waals surface area (Å²) in [6.07, 6.45) is 0.271. The van der Waals surface area contributed by atoms with Crippen molar-refractivity contribution in [3.05, 3.63) is 95.6 Å². The normalized spacial score (nSPS) is 11.3. The van der Waals surface area contributed by atoms with E-state index in [1.807, 2.05) is 78.9 Å². The Hall–Kier alpha value is -3.80. The van der Waals surface area contributed by atoms with Gasteiger partial charge in [0.1, 0.15) is 19.3 Å². The summed E-state index contributed by atoms with van der Waals surface area (Å²) in [5.74, 6) is 0.358. The van der Waals surface area contributed by atoms with Crippen molar-refractivity contribution in [3.63, 3.8) is 0 Å². The average molecular weight is 434 g/mol. The molecular weight excluding hydrogens is 406 g/mol. The number of hydrogen-bond donors (Lipinski definition) is 1. The lowest BCUT2D eigenvalue weighted by Crippen LogP contribution is -2.41. The van der Waals surface area contributed by atoms with Crippen LogP contribution in [0, 0.1) is 0 Å². The van der Waals surface area contributed by atoms with Crippen molar-refractivity contribution in [2.75, 3.05) is 7.11 Å². The van der Waals surface area contributed by atoms with E-state index in [2.05, 4.69) is 5.32 Å². The number of ether oxygens (including phenoxy) is 3. The Labute approximate surface area is 188 Å². The smallest absolute Gasteiger partial charge is 0.328 e. The Morgan fingerprint density at radius 3 is 1.88 bits per heavy atom. The van der Waals surface area contributed by atoms with E-state index in [4.69, 9.17) is 14.2 Å². The van der Waals surface area contributed by atoms with Crippen LogP contribution in [0.2, 0.25) is 0 Å². The van der Waals surface area contributed by atoms with Gasteiger partial charge < -0.3 is 19.5 Å². The molecule has 0 unspecified atom stereocenters. The minimum absolute atomic E-state index is 0.271. The van der Waals surface area contributed by atoms with Gasteiger partial charge in [-0.1, -0.05) is 66.7 Å². The first-order valence-corrected chi connectivity index (χ1v) is 10.4. The van der Waals surface area contributed by atoms with Crippen molar-refractivity contribution in [3.8, 4) is 11.5 Å². The summed E-state index contributed by atoms with van der Waals surface area (Å²) in [7, 11) is 1.30. The van der Waals surface area contributed by atoms with Crippen molar-refractivity contribution < 1.29 is 23.8 Å². The molecule has 6 heteroatoms. The van der Waals surface area contributed by atoms with E-state index in [1.165, 1.54) is 14.0 Å². The van der Waals surface area contributed by atoms with E-state index in [0.29, 0.717) is 24.7 Å². The largest absolute Gasteiger partial charge is 0.485 e. The van der Waals surface area contributed by atoms with Crippen molar-refractivity contribution in [2.45, 2.75) is 32.6 Å². The topological polar surface area (TPSA) is 73.9 Å². The third-order valence-corrected chi connectivity index (χ3v) is 4.79. The third kappa shape index (κ3) is 6.87. The van der Waals surface area contributed by atoms with Gasteiger partial charge in [0, 0.05) is 13.3 Å². The molecule has 0 heterocycles. The number of hydrogen-bond acceptors (Lipinski definition) is 5. The Bertz CT molecular complexity index is 1020. The summed E-state index contributed by atoms with van der Waals surface area (Å²) in [6.45, 7) is 2.14. The molecule has 0 aliphatic carbocycles. The van der Waals surface area contributed by atoms with Crippen LogP contribution < -0.4 is 14.8 Å². The molecule has 3 rings (SSSR count). The second kappa shape index (κ2) is 11.6. The molecule has 166 valence electrons. The van der Waals surface area contributed by atoms with Gasteiger partial charge in [-0.05, 0) is 28.8 Å². The fraction of sp³-hybridized carbons (Fsp3) is 0.231. The number of amides is 1. The van der Waals surface area contributed by atoms with Crippen molar-refractivity contribution in [1.29, 1.82) is 0 Å². The average Bonchev–Trinajstić information content (AvgIpc) is 2.82. The van der Waals surface area contributed by atoms with Crippen LogP contribution in [0.15, 0.2) is 78.9 Å². The zero-order chi connectivity index (χ0) is 22.8. The number of carbonyl (C=O) groups is 2. The molecule has 0 radical (unpaired) electrons. The molecule has 1 amide bonds. The predicted molar refractivity (Wildman–Crippen MR) is 121 cm³/mol. The Balaban J connectivity index is 1.80. The monoisotopic (exact) mass is 433 g/mol. The van der Waals surface area contributed by atoms with E-state index in [0.717, 1.165) is 16.7 Å². The van der Waals surface area contributed by atoms with Crippen LogP contribution in [-0.4, -0.2) is 25.0 Å². The van der Waals surface area contributed by atoms with Gasteiger partial charge in [-0.25, -0.2) is 4.79 Å². The van der Waals surface area contributed by atoms with E-state index >= 15 is 0 Å². The second-order valence-electron chi connectivity index (χ2n) is 7.31. The van der Waals surface area contributed by atoms with Crippen LogP contribution in [0.5, 0.6) is 11.5 Å².